The van der Waals surface area contributed by atoms with Crippen LogP contribution in [0.3, 0.4) is 0 Å². The van der Waals surface area contributed by atoms with Crippen LogP contribution in [0, 0.1) is 35.5 Å². The van der Waals surface area contributed by atoms with E-state index in [9.17, 15) is 24.3 Å². The molecule has 1 saturated heterocycles. The zero-order valence-corrected chi connectivity index (χ0v) is 23.2. The van der Waals surface area contributed by atoms with Gasteiger partial charge in [0, 0.05) is 16.0 Å². The molecule has 3 fully saturated rings. The van der Waals surface area contributed by atoms with Gasteiger partial charge in [0.1, 0.15) is 6.04 Å². The van der Waals surface area contributed by atoms with Crippen molar-refractivity contribution in [3.05, 3.63) is 49.9 Å². The fourth-order valence-electron chi connectivity index (χ4n) is 7.57. The van der Waals surface area contributed by atoms with E-state index < -0.39 is 23.8 Å². The molecule has 196 valence electrons. The largest absolute Gasteiger partial charge is 0.480 e. The number of carboxylic acid groups (broad SMARTS) is 1. The molecule has 7 nitrogen and oxygen atoms in total. The van der Waals surface area contributed by atoms with Gasteiger partial charge in [0.15, 0.2) is 0 Å². The second kappa shape index (κ2) is 8.30. The van der Waals surface area contributed by atoms with Crippen LogP contribution in [-0.4, -0.2) is 44.1 Å². The zero-order chi connectivity index (χ0) is 26.5. The predicted molar refractivity (Wildman–Crippen MR) is 142 cm³/mol. The Hall–Kier alpha value is -2.39. The summed E-state index contributed by atoms with van der Waals surface area (Å²) in [6.45, 7) is 10.0. The highest BCUT2D eigenvalue weighted by molar-refractivity contribution is 8.00. The number of thioether (sulfide) groups is 1. The van der Waals surface area contributed by atoms with E-state index in [2.05, 4.69) is 50.0 Å². The lowest BCUT2D eigenvalue weighted by Gasteiger charge is -2.43. The smallest absolute Gasteiger partial charge is 0.327 e. The number of aromatic nitrogens is 1. The Morgan fingerprint density at radius 1 is 1.05 bits per heavy atom. The number of carbonyl (C=O) groups is 3. The zero-order valence-electron chi connectivity index (χ0n) is 21.6. The molecule has 1 aromatic carbocycles. The molecule has 2 aromatic rings. The Kier molecular flexibility index (Phi) is 5.59. The Balaban J connectivity index is 1.42. The summed E-state index contributed by atoms with van der Waals surface area (Å²) in [5, 5.41) is 10.8. The van der Waals surface area contributed by atoms with E-state index in [0.717, 1.165) is 26.8 Å². The highest BCUT2D eigenvalue weighted by atomic mass is 32.2. The number of carbonyl (C=O) groups excluding carboxylic acids is 2. The minimum absolute atomic E-state index is 0.0130. The normalized spacial score (nSPS) is 33.0. The van der Waals surface area contributed by atoms with Crippen molar-refractivity contribution in [2.24, 2.45) is 35.5 Å². The van der Waals surface area contributed by atoms with Gasteiger partial charge in [-0.25, -0.2) is 4.79 Å². The number of nitrogens with zero attached hydrogens (tertiary/aromatic N) is 1. The molecule has 1 aromatic heterocycles. The number of rotatable bonds is 4. The van der Waals surface area contributed by atoms with Crippen LogP contribution in [0.25, 0.3) is 0 Å². The maximum atomic E-state index is 13.7. The molecule has 2 saturated carbocycles. The Morgan fingerprint density at radius 3 is 2.24 bits per heavy atom. The molecule has 6 rings (SSSR count). The molecule has 2 bridgehead atoms. The van der Waals surface area contributed by atoms with Crippen molar-refractivity contribution in [1.29, 1.82) is 0 Å². The number of H-pyrrole nitrogens is 1. The molecule has 0 unspecified atom stereocenters. The van der Waals surface area contributed by atoms with Crippen molar-refractivity contribution in [2.45, 2.75) is 68.7 Å². The van der Waals surface area contributed by atoms with Crippen LogP contribution >= 0.6 is 23.1 Å². The second-order valence-electron chi connectivity index (χ2n) is 12.4. The average molecular weight is 541 g/mol. The number of imide groups is 1. The third kappa shape index (κ3) is 3.52. The fourth-order valence-corrected chi connectivity index (χ4v) is 10.5. The van der Waals surface area contributed by atoms with Crippen molar-refractivity contribution in [3.63, 3.8) is 0 Å². The number of aliphatic carboxylic acids is 1. The molecule has 0 spiro atoms. The molecule has 2 aliphatic heterocycles. The summed E-state index contributed by atoms with van der Waals surface area (Å²) in [6.07, 6.45) is 0.790. The van der Waals surface area contributed by atoms with Gasteiger partial charge in [-0.05, 0) is 46.6 Å². The van der Waals surface area contributed by atoms with Crippen molar-refractivity contribution < 1.29 is 19.5 Å². The first-order valence-electron chi connectivity index (χ1n) is 13.0. The Bertz CT molecular complexity index is 1350. The lowest BCUT2D eigenvalue weighted by atomic mass is 9.68. The molecule has 37 heavy (non-hydrogen) atoms. The van der Waals surface area contributed by atoms with Crippen LogP contribution in [0.4, 0.5) is 0 Å². The van der Waals surface area contributed by atoms with Gasteiger partial charge in [0.25, 0.3) is 0 Å². The summed E-state index contributed by atoms with van der Waals surface area (Å²) in [5.74, 6) is -3.05. The second-order valence-corrected chi connectivity index (χ2v) is 14.6. The molecule has 8 atom stereocenters. The molecule has 4 aliphatic rings. The number of aromatic amines is 1. The number of fused-ring (bicyclic) bond motifs is 9. The SMILES string of the molecule is CC(C)[C@H](C(=O)O)N1C(=O)[C@@H]2[C@H]3C[C@@H]([C@@H]2C1=O)[C@@H]1[C@H](c2ccc(C(C)(C)C)cc2)c2sc(=O)[nH]c2S[C@H]31. The lowest BCUT2D eigenvalue weighted by Crippen LogP contribution is -2.49. The third-order valence-corrected chi connectivity index (χ3v) is 11.6. The molecular weight excluding hydrogens is 508 g/mol. The van der Waals surface area contributed by atoms with Crippen molar-refractivity contribution in [1.82, 2.24) is 9.88 Å². The van der Waals surface area contributed by atoms with Crippen LogP contribution < -0.4 is 4.87 Å². The molecule has 9 heteroatoms. The number of thiazole rings is 1. The van der Waals surface area contributed by atoms with Gasteiger partial charge < -0.3 is 10.1 Å². The van der Waals surface area contributed by atoms with Crippen LogP contribution in [0.1, 0.15) is 63.0 Å². The maximum Gasteiger partial charge on any atom is 0.327 e. The predicted octanol–water partition coefficient (Wildman–Crippen LogP) is 4.32. The minimum Gasteiger partial charge on any atom is -0.480 e. The molecule has 2 amide bonds. The number of nitrogens with one attached hydrogen (secondary N) is 1. The van der Waals surface area contributed by atoms with Gasteiger partial charge in [0.05, 0.1) is 16.9 Å². The highest BCUT2D eigenvalue weighted by Crippen LogP contribution is 2.68. The Labute approximate surface area is 224 Å². The minimum atomic E-state index is -1.14. The van der Waals surface area contributed by atoms with Crippen LogP contribution in [-0.2, 0) is 19.8 Å². The lowest BCUT2D eigenvalue weighted by molar-refractivity contribution is -0.157. The number of benzene rings is 1. The molecule has 0 radical (unpaired) electrons. The summed E-state index contributed by atoms with van der Waals surface area (Å²) < 4.78 is 0. The summed E-state index contributed by atoms with van der Waals surface area (Å²) in [7, 11) is 0. The monoisotopic (exact) mass is 540 g/mol. The van der Waals surface area contributed by atoms with Crippen LogP contribution in [0.5, 0.6) is 0 Å². The quantitative estimate of drug-likeness (QED) is 0.560. The van der Waals surface area contributed by atoms with Gasteiger partial charge in [-0.1, -0.05) is 70.2 Å². The van der Waals surface area contributed by atoms with E-state index in [1.807, 2.05) is 0 Å². The topological polar surface area (TPSA) is 108 Å². The van der Waals surface area contributed by atoms with Gasteiger partial charge in [-0.15, -0.1) is 11.8 Å². The summed E-state index contributed by atoms with van der Waals surface area (Å²) >= 11 is 2.90. The number of hydrogen-bond acceptors (Lipinski definition) is 6. The van der Waals surface area contributed by atoms with Crippen LogP contribution in [0.2, 0.25) is 0 Å². The number of carboxylic acids is 1. The summed E-state index contributed by atoms with van der Waals surface area (Å²) in [5.41, 5.74) is 2.38. The number of likely N-dealkylation sites (tertiary alicyclic amines) is 1. The third-order valence-electron chi connectivity index (χ3n) is 9.06. The molecule has 2 N–H and O–H groups in total. The number of amides is 2. The van der Waals surface area contributed by atoms with Gasteiger partial charge in [-0.2, -0.15) is 0 Å². The first-order valence-corrected chi connectivity index (χ1v) is 14.7. The van der Waals surface area contributed by atoms with Crippen molar-refractivity contribution in [3.8, 4) is 0 Å². The molecular formula is C28H32N2O5S2. The summed E-state index contributed by atoms with van der Waals surface area (Å²) in [4.78, 5) is 56.9. The first kappa shape index (κ1) is 24.9. The van der Waals surface area contributed by atoms with E-state index in [-0.39, 0.29) is 56.9 Å². The highest BCUT2D eigenvalue weighted by Gasteiger charge is 2.70. The van der Waals surface area contributed by atoms with E-state index in [0.29, 0.717) is 0 Å². The molecule has 3 heterocycles. The Morgan fingerprint density at radius 2 is 1.68 bits per heavy atom. The maximum absolute atomic E-state index is 13.7. The van der Waals surface area contributed by atoms with Gasteiger partial charge >= 0.3 is 10.8 Å². The average Bonchev–Trinajstić information content (AvgIpc) is 3.53. The fraction of sp³-hybridized carbons (Fsp3) is 0.571. The van der Waals surface area contributed by atoms with E-state index >= 15 is 0 Å². The molecule has 2 aliphatic carbocycles. The van der Waals surface area contributed by atoms with E-state index in [4.69, 9.17) is 0 Å². The van der Waals surface area contributed by atoms with E-state index in [1.54, 1.807) is 25.6 Å². The standard InChI is InChI=1S/C28H32N2O5S2/c1-11(2)20(26(33)34)30-24(31)18-14-10-15(19(18)25(30)32)21-17(14)16(22-23(36-21)29-27(35)37-22)12-6-8-13(9-7-12)28(3,4)5/h6-9,11,14-21H,10H2,1-5H3,(H,29,35)(H,33,34)/t14-,15-,16+,17-,18+,19-,20-,21-/m1/s1. The first-order chi connectivity index (χ1) is 17.4. The summed E-state index contributed by atoms with van der Waals surface area (Å²) in [6, 6.07) is 7.48. The van der Waals surface area contributed by atoms with Gasteiger partial charge in [0.2, 0.25) is 11.8 Å². The van der Waals surface area contributed by atoms with Crippen molar-refractivity contribution in [2.75, 3.05) is 0 Å². The van der Waals surface area contributed by atoms with Crippen LogP contribution in [0.15, 0.2) is 34.1 Å². The number of hydrogen-bond donors (Lipinski definition) is 2. The van der Waals surface area contributed by atoms with Crippen molar-refractivity contribution >= 4 is 40.9 Å². The van der Waals surface area contributed by atoms with Gasteiger partial charge in [-0.3, -0.25) is 19.3 Å². The van der Waals surface area contributed by atoms with E-state index in [1.165, 1.54) is 16.9 Å².